The van der Waals surface area contributed by atoms with Crippen LogP contribution in [0.3, 0.4) is 0 Å². The van der Waals surface area contributed by atoms with Gasteiger partial charge in [0.1, 0.15) is 0 Å². The molecule has 6 nitrogen and oxygen atoms in total. The molecule has 13 aromatic carbocycles. The van der Waals surface area contributed by atoms with Crippen LogP contribution in [0.5, 0.6) is 0 Å². The monoisotopic (exact) mass is 1010 g/mol. The molecule has 0 bridgehead atoms. The highest BCUT2D eigenvalue weighted by Crippen LogP contribution is 2.45. The highest BCUT2D eigenvalue weighted by atomic mass is 16.5. The molecule has 0 atom stereocenters. The Morgan fingerprint density at radius 2 is 0.385 bits per heavy atom. The van der Waals surface area contributed by atoms with Gasteiger partial charge in [-0.2, -0.15) is 0 Å². The van der Waals surface area contributed by atoms with Crippen molar-refractivity contribution in [1.29, 1.82) is 0 Å². The summed E-state index contributed by atoms with van der Waals surface area (Å²) in [4.78, 5) is 40.0. The Morgan fingerprint density at radius 3 is 0.564 bits per heavy atom. The lowest BCUT2D eigenvalue weighted by atomic mass is 9.86. The first kappa shape index (κ1) is 47.5. The highest BCUT2D eigenvalue weighted by molar-refractivity contribution is 6.26. The molecule has 78 heavy (non-hydrogen) atoms. The minimum atomic E-state index is -0.364. The number of methoxy groups -OCH3 is 3. The summed E-state index contributed by atoms with van der Waals surface area (Å²) in [7, 11) is 4.29. The van der Waals surface area contributed by atoms with Gasteiger partial charge in [0.05, 0.1) is 38.0 Å². The summed E-state index contributed by atoms with van der Waals surface area (Å²) < 4.78 is 16.0. The maximum atomic E-state index is 13.3. The van der Waals surface area contributed by atoms with Crippen molar-refractivity contribution in [2.45, 2.75) is 0 Å². The Balaban J connectivity index is 0.956. The Hall–Kier alpha value is -10.2. The summed E-state index contributed by atoms with van der Waals surface area (Å²) in [5, 5.41) is 10.9. The Labute approximate surface area is 450 Å². The summed E-state index contributed by atoms with van der Waals surface area (Å²) in [6, 6.07) is 81.2. The lowest BCUT2D eigenvalue weighted by Crippen LogP contribution is -2.04. The first-order chi connectivity index (χ1) is 38.3. The van der Waals surface area contributed by atoms with E-state index in [2.05, 4.69) is 127 Å². The summed E-state index contributed by atoms with van der Waals surface area (Å²) >= 11 is 0. The summed E-state index contributed by atoms with van der Waals surface area (Å²) in [6.07, 6.45) is 0. The van der Waals surface area contributed by atoms with E-state index < -0.39 is 0 Å². The van der Waals surface area contributed by atoms with E-state index in [0.29, 0.717) is 16.7 Å². The molecule has 0 heterocycles. The standard InChI is InChI=1S/C72H48O6/c1-76-70(73)67-58-22-10-4-16-52(58)64(53-17-5-11-23-59(53)67)46-34-28-43(29-35-46)49-40-50(44-30-36-47(37-31-44)65-54-18-6-12-24-60(54)68(71(74)77-2)61-25-13-7-19-55(61)65)42-51(41-49)45-32-38-48(39-33-45)66-56-20-8-14-26-62(56)69(72(75)78-3)63-27-15-9-21-57(63)66/h4-42H,1-3H3. The third-order valence-corrected chi connectivity index (χ3v) is 15.4. The van der Waals surface area contributed by atoms with Crippen molar-refractivity contribution in [3.63, 3.8) is 0 Å². The van der Waals surface area contributed by atoms with Crippen LogP contribution in [0, 0.1) is 0 Å². The molecular formula is C72H48O6. The van der Waals surface area contributed by atoms with Crippen LogP contribution in [0.4, 0.5) is 0 Å². The number of benzene rings is 13. The van der Waals surface area contributed by atoms with E-state index in [-0.39, 0.29) is 17.9 Å². The number of hydrogen-bond donors (Lipinski definition) is 0. The first-order valence-corrected chi connectivity index (χ1v) is 25.9. The molecule has 0 aliphatic heterocycles. The van der Waals surface area contributed by atoms with Crippen molar-refractivity contribution in [2.75, 3.05) is 21.3 Å². The second kappa shape index (κ2) is 19.5. The summed E-state index contributed by atoms with van der Waals surface area (Å²) in [6.45, 7) is 0. The van der Waals surface area contributed by atoms with Gasteiger partial charge in [0.2, 0.25) is 0 Å². The molecule has 0 unspecified atom stereocenters. The number of carbonyl (C=O) groups is 3. The van der Waals surface area contributed by atoms with Crippen LogP contribution in [-0.2, 0) is 14.2 Å². The fraction of sp³-hybridized carbons (Fsp3) is 0.0417. The molecule has 0 aliphatic rings. The number of ether oxygens (including phenoxy) is 3. The van der Waals surface area contributed by atoms with E-state index in [1.54, 1.807) is 0 Å². The number of hydrogen-bond acceptors (Lipinski definition) is 6. The van der Waals surface area contributed by atoms with Gasteiger partial charge in [0, 0.05) is 0 Å². The fourth-order valence-electron chi connectivity index (χ4n) is 11.9. The molecule has 13 rings (SSSR count). The smallest absolute Gasteiger partial charge is 0.339 e. The van der Waals surface area contributed by atoms with Crippen LogP contribution in [-0.4, -0.2) is 39.2 Å². The predicted molar refractivity (Wildman–Crippen MR) is 318 cm³/mol. The quantitative estimate of drug-likeness (QED) is 0.0814. The minimum absolute atomic E-state index is 0.364. The second-order valence-electron chi connectivity index (χ2n) is 19.5. The number of fused-ring (bicyclic) bond motifs is 6. The van der Waals surface area contributed by atoms with Gasteiger partial charge in [-0.05, 0) is 150 Å². The topological polar surface area (TPSA) is 78.9 Å². The van der Waals surface area contributed by atoms with E-state index in [9.17, 15) is 14.4 Å². The third-order valence-electron chi connectivity index (χ3n) is 15.4. The molecule has 0 radical (unpaired) electrons. The van der Waals surface area contributed by atoms with Crippen LogP contribution >= 0.6 is 0 Å². The van der Waals surface area contributed by atoms with Crippen molar-refractivity contribution in [3.05, 3.63) is 253 Å². The van der Waals surface area contributed by atoms with E-state index in [1.165, 1.54) is 21.3 Å². The lowest BCUT2D eigenvalue weighted by molar-refractivity contribution is 0.0596. The molecule has 0 fully saturated rings. The third kappa shape index (κ3) is 7.84. The summed E-state index contributed by atoms with van der Waals surface area (Å²) in [5.74, 6) is -1.09. The largest absolute Gasteiger partial charge is 0.465 e. The van der Waals surface area contributed by atoms with Crippen molar-refractivity contribution < 1.29 is 28.6 Å². The Morgan fingerprint density at radius 1 is 0.218 bits per heavy atom. The molecule has 0 amide bonds. The Kier molecular flexibility index (Phi) is 11.9. The van der Waals surface area contributed by atoms with Gasteiger partial charge in [0.15, 0.2) is 0 Å². The average Bonchev–Trinajstić information content (AvgIpc) is 3.70. The van der Waals surface area contributed by atoms with E-state index in [1.807, 2.05) is 109 Å². The second-order valence-corrected chi connectivity index (χ2v) is 19.5. The summed E-state index contributed by atoms with van der Waals surface area (Å²) in [5.41, 5.74) is 14.2. The van der Waals surface area contributed by atoms with Crippen molar-refractivity contribution in [3.8, 4) is 66.8 Å². The predicted octanol–water partition coefficient (Wildman–Crippen LogP) is 18.0. The van der Waals surface area contributed by atoms with Gasteiger partial charge >= 0.3 is 17.9 Å². The molecule has 0 spiro atoms. The SMILES string of the molecule is COC(=O)c1c2ccccc2c(-c2ccc(-c3cc(-c4ccc(-c5c6ccccc6c(C(=O)OC)c6ccccc56)cc4)cc(-c4ccc(-c5c6ccccc6c(C(=O)OC)c6ccccc56)cc4)c3)cc2)c2ccccc12. The molecule has 0 aromatic heterocycles. The van der Waals surface area contributed by atoms with Crippen LogP contribution in [0.1, 0.15) is 31.1 Å². The van der Waals surface area contributed by atoms with E-state index in [0.717, 1.165) is 131 Å². The van der Waals surface area contributed by atoms with Gasteiger partial charge < -0.3 is 14.2 Å². The molecule has 6 heteroatoms. The zero-order valence-electron chi connectivity index (χ0n) is 43.0. The number of carbonyl (C=O) groups excluding carboxylic acids is 3. The molecule has 0 aliphatic carbocycles. The normalized spacial score (nSPS) is 11.4. The molecular weight excluding hydrogens is 961 g/mol. The van der Waals surface area contributed by atoms with E-state index in [4.69, 9.17) is 14.2 Å². The minimum Gasteiger partial charge on any atom is -0.465 e. The van der Waals surface area contributed by atoms with Gasteiger partial charge in [-0.25, -0.2) is 14.4 Å². The fourth-order valence-corrected chi connectivity index (χ4v) is 11.9. The van der Waals surface area contributed by atoms with Crippen LogP contribution in [0.25, 0.3) is 131 Å². The zero-order chi connectivity index (χ0) is 53.0. The number of esters is 3. The highest BCUT2D eigenvalue weighted by Gasteiger charge is 2.24. The Bertz CT molecular complexity index is 3940. The van der Waals surface area contributed by atoms with Crippen LogP contribution in [0.2, 0.25) is 0 Å². The van der Waals surface area contributed by atoms with Gasteiger partial charge in [0.25, 0.3) is 0 Å². The van der Waals surface area contributed by atoms with Crippen molar-refractivity contribution in [2.24, 2.45) is 0 Å². The maximum absolute atomic E-state index is 13.3. The lowest BCUT2D eigenvalue weighted by Gasteiger charge is -2.17. The van der Waals surface area contributed by atoms with E-state index >= 15 is 0 Å². The maximum Gasteiger partial charge on any atom is 0.339 e. The zero-order valence-corrected chi connectivity index (χ0v) is 43.0. The van der Waals surface area contributed by atoms with Gasteiger partial charge in [-0.3, -0.25) is 0 Å². The van der Waals surface area contributed by atoms with Gasteiger partial charge in [-0.1, -0.05) is 218 Å². The van der Waals surface area contributed by atoms with Crippen LogP contribution < -0.4 is 0 Å². The van der Waals surface area contributed by atoms with Crippen molar-refractivity contribution in [1.82, 2.24) is 0 Å². The number of rotatable bonds is 9. The average molecular weight is 1010 g/mol. The molecule has 13 aromatic rings. The van der Waals surface area contributed by atoms with Gasteiger partial charge in [-0.15, -0.1) is 0 Å². The van der Waals surface area contributed by atoms with Crippen molar-refractivity contribution >= 4 is 82.5 Å². The molecule has 0 saturated carbocycles. The molecule has 372 valence electrons. The molecule has 0 saturated heterocycles. The van der Waals surface area contributed by atoms with Crippen LogP contribution in [0.15, 0.2) is 237 Å². The first-order valence-electron chi connectivity index (χ1n) is 25.9. The molecule has 0 N–H and O–H groups in total.